The van der Waals surface area contributed by atoms with Gasteiger partial charge in [-0.15, -0.1) is 0 Å². The third kappa shape index (κ3) is 4.91. The number of ether oxygens (including phenoxy) is 2. The van der Waals surface area contributed by atoms with Gasteiger partial charge in [0.15, 0.2) is 0 Å². The van der Waals surface area contributed by atoms with Gasteiger partial charge >= 0.3 is 6.03 Å². The second-order valence-electron chi connectivity index (χ2n) is 8.16. The predicted molar refractivity (Wildman–Crippen MR) is 138 cm³/mol. The molecule has 1 N–H and O–H groups in total. The largest absolute Gasteiger partial charge is 0.497 e. The molecular formula is C27H30N4O5. The van der Waals surface area contributed by atoms with Gasteiger partial charge in [-0.1, -0.05) is 19.1 Å². The highest BCUT2D eigenvalue weighted by atomic mass is 16.5. The summed E-state index contributed by atoms with van der Waals surface area (Å²) in [7, 11) is 3.09. The third-order valence-corrected chi connectivity index (χ3v) is 6.09. The first-order chi connectivity index (χ1) is 17.5. The first-order valence-electron chi connectivity index (χ1n) is 11.8. The standard InChI is InChI=1S/C27H30N4O5/c1-5-23(25-28-21-12-8-7-11-20(21)26(32)30(25)6-2)31(17-19-10-9-15-36-19)27(33)29-22-14-13-18(34-3)16-24(22)35-4/h7-16,23H,5-6,17H2,1-4H3,(H,29,33). The van der Waals surface area contributed by atoms with Gasteiger partial charge in [-0.2, -0.15) is 0 Å². The average Bonchev–Trinajstić information content (AvgIpc) is 3.42. The maximum atomic E-state index is 13.8. The molecule has 2 aromatic heterocycles. The lowest BCUT2D eigenvalue weighted by Gasteiger charge is -2.32. The fourth-order valence-electron chi connectivity index (χ4n) is 4.27. The Kier molecular flexibility index (Phi) is 7.58. The number of fused-ring (bicyclic) bond motifs is 1. The minimum atomic E-state index is -0.503. The highest BCUT2D eigenvalue weighted by Crippen LogP contribution is 2.31. The van der Waals surface area contributed by atoms with Crippen molar-refractivity contribution in [3.63, 3.8) is 0 Å². The van der Waals surface area contributed by atoms with Crippen molar-refractivity contribution in [2.45, 2.75) is 39.4 Å². The van der Waals surface area contributed by atoms with E-state index in [1.807, 2.05) is 38.1 Å². The van der Waals surface area contributed by atoms with Gasteiger partial charge in [-0.3, -0.25) is 9.36 Å². The average molecular weight is 491 g/mol. The van der Waals surface area contributed by atoms with Gasteiger partial charge in [0.2, 0.25) is 0 Å². The van der Waals surface area contributed by atoms with E-state index in [4.69, 9.17) is 18.9 Å². The molecule has 0 saturated heterocycles. The normalized spacial score (nSPS) is 11.8. The molecule has 188 valence electrons. The highest BCUT2D eigenvalue weighted by Gasteiger charge is 2.30. The van der Waals surface area contributed by atoms with Gasteiger partial charge in [0.25, 0.3) is 5.56 Å². The number of aromatic nitrogens is 2. The van der Waals surface area contributed by atoms with Crippen LogP contribution in [0.15, 0.2) is 70.1 Å². The summed E-state index contributed by atoms with van der Waals surface area (Å²) in [4.78, 5) is 33.5. The monoisotopic (exact) mass is 490 g/mol. The van der Waals surface area contributed by atoms with Crippen molar-refractivity contribution in [1.82, 2.24) is 14.5 Å². The van der Waals surface area contributed by atoms with Crippen LogP contribution in [-0.4, -0.2) is 34.7 Å². The number of carbonyl (C=O) groups is 1. The molecule has 0 aliphatic carbocycles. The number of para-hydroxylation sites is 1. The number of urea groups is 1. The van der Waals surface area contributed by atoms with Crippen molar-refractivity contribution in [2.24, 2.45) is 0 Å². The number of amides is 2. The first-order valence-corrected chi connectivity index (χ1v) is 11.8. The molecule has 0 saturated carbocycles. The van der Waals surface area contributed by atoms with Crippen molar-refractivity contribution in [3.8, 4) is 11.5 Å². The SMILES string of the molecule is CCC(c1nc2ccccc2c(=O)n1CC)N(Cc1ccco1)C(=O)Nc1ccc(OC)cc1OC. The van der Waals surface area contributed by atoms with Crippen LogP contribution < -0.4 is 20.3 Å². The lowest BCUT2D eigenvalue weighted by atomic mass is 10.1. The number of methoxy groups -OCH3 is 2. The Hall–Kier alpha value is -4.27. The van der Waals surface area contributed by atoms with Crippen LogP contribution in [0.25, 0.3) is 10.9 Å². The van der Waals surface area contributed by atoms with Crippen molar-refractivity contribution in [3.05, 3.63) is 82.8 Å². The van der Waals surface area contributed by atoms with E-state index in [0.717, 1.165) is 0 Å². The molecule has 9 heteroatoms. The van der Waals surface area contributed by atoms with Crippen LogP contribution in [0.5, 0.6) is 11.5 Å². The van der Waals surface area contributed by atoms with E-state index in [2.05, 4.69) is 5.32 Å². The molecule has 4 aromatic rings. The van der Waals surface area contributed by atoms with Crippen molar-refractivity contribution in [2.75, 3.05) is 19.5 Å². The topological polar surface area (TPSA) is 98.8 Å². The van der Waals surface area contributed by atoms with Crippen molar-refractivity contribution >= 4 is 22.6 Å². The molecule has 2 aromatic carbocycles. The first kappa shape index (κ1) is 24.8. The van der Waals surface area contributed by atoms with E-state index in [-0.39, 0.29) is 18.1 Å². The van der Waals surface area contributed by atoms with Crippen molar-refractivity contribution < 1.29 is 18.7 Å². The number of nitrogens with one attached hydrogen (secondary N) is 1. The Balaban J connectivity index is 1.78. The molecule has 0 fully saturated rings. The van der Waals surface area contributed by atoms with Crippen LogP contribution in [-0.2, 0) is 13.1 Å². The zero-order valence-electron chi connectivity index (χ0n) is 20.9. The molecule has 0 aliphatic rings. The lowest BCUT2D eigenvalue weighted by Crippen LogP contribution is -2.40. The molecule has 4 rings (SSSR count). The summed E-state index contributed by atoms with van der Waals surface area (Å²) in [6, 6.07) is 15.1. The van der Waals surface area contributed by atoms with E-state index in [1.54, 1.807) is 53.2 Å². The van der Waals surface area contributed by atoms with Gasteiger partial charge in [0, 0.05) is 12.6 Å². The molecule has 1 unspecified atom stereocenters. The van der Waals surface area contributed by atoms with Crippen molar-refractivity contribution in [1.29, 1.82) is 0 Å². The molecule has 36 heavy (non-hydrogen) atoms. The third-order valence-electron chi connectivity index (χ3n) is 6.09. The molecule has 9 nitrogen and oxygen atoms in total. The summed E-state index contributed by atoms with van der Waals surface area (Å²) in [5.41, 5.74) is 0.949. The van der Waals surface area contributed by atoms with E-state index in [0.29, 0.717) is 52.6 Å². The minimum Gasteiger partial charge on any atom is -0.497 e. The summed E-state index contributed by atoms with van der Waals surface area (Å²) >= 11 is 0. The number of carbonyl (C=O) groups excluding carboxylic acids is 1. The van der Waals surface area contributed by atoms with Gasteiger partial charge in [-0.05, 0) is 49.7 Å². The smallest absolute Gasteiger partial charge is 0.322 e. The Bertz CT molecular complexity index is 1400. The van der Waals surface area contributed by atoms with E-state index in [9.17, 15) is 9.59 Å². The summed E-state index contributed by atoms with van der Waals surface area (Å²) in [6.07, 6.45) is 2.09. The number of rotatable bonds is 9. The fourth-order valence-corrected chi connectivity index (χ4v) is 4.27. The van der Waals surface area contributed by atoms with Gasteiger partial charge in [0.1, 0.15) is 23.1 Å². The van der Waals surface area contributed by atoms with E-state index in [1.165, 1.54) is 7.11 Å². The molecule has 0 aliphatic heterocycles. The number of furan rings is 1. The maximum Gasteiger partial charge on any atom is 0.322 e. The summed E-state index contributed by atoms with van der Waals surface area (Å²) < 4.78 is 17.9. The number of hydrogen-bond acceptors (Lipinski definition) is 6. The number of nitrogens with zero attached hydrogens (tertiary/aromatic N) is 3. The second kappa shape index (κ2) is 11.0. The van der Waals surface area contributed by atoms with Crippen LogP contribution in [0.2, 0.25) is 0 Å². The highest BCUT2D eigenvalue weighted by molar-refractivity contribution is 5.91. The van der Waals surface area contributed by atoms with E-state index < -0.39 is 6.04 Å². The summed E-state index contributed by atoms with van der Waals surface area (Å²) in [5, 5.41) is 3.49. The van der Waals surface area contributed by atoms with Crippen LogP contribution >= 0.6 is 0 Å². The fraction of sp³-hybridized carbons (Fsp3) is 0.296. The molecule has 0 bridgehead atoms. The Labute approximate surface area is 209 Å². The number of benzene rings is 2. The molecule has 0 spiro atoms. The summed E-state index contributed by atoms with van der Waals surface area (Å²) in [5.74, 6) is 2.20. The van der Waals surface area contributed by atoms with E-state index >= 15 is 0 Å². The Morgan fingerprint density at radius 1 is 1.11 bits per heavy atom. The minimum absolute atomic E-state index is 0.133. The summed E-state index contributed by atoms with van der Waals surface area (Å²) in [6.45, 7) is 4.46. The Morgan fingerprint density at radius 2 is 1.92 bits per heavy atom. The second-order valence-corrected chi connectivity index (χ2v) is 8.16. The maximum absolute atomic E-state index is 13.8. The number of hydrogen-bond donors (Lipinski definition) is 1. The van der Waals surface area contributed by atoms with Gasteiger partial charge in [-0.25, -0.2) is 9.78 Å². The zero-order valence-corrected chi connectivity index (χ0v) is 20.9. The Morgan fingerprint density at radius 3 is 2.58 bits per heavy atom. The molecular weight excluding hydrogens is 460 g/mol. The van der Waals surface area contributed by atoms with Crippen LogP contribution in [0.4, 0.5) is 10.5 Å². The zero-order chi connectivity index (χ0) is 25.7. The predicted octanol–water partition coefficient (Wildman–Crippen LogP) is 5.21. The lowest BCUT2D eigenvalue weighted by molar-refractivity contribution is 0.169. The molecule has 0 radical (unpaired) electrons. The molecule has 2 heterocycles. The van der Waals surface area contributed by atoms with Gasteiger partial charge in [0.05, 0.1) is 49.7 Å². The van der Waals surface area contributed by atoms with Gasteiger partial charge < -0.3 is 24.1 Å². The quantitative estimate of drug-likeness (QED) is 0.346. The molecule has 1 atom stereocenters. The van der Waals surface area contributed by atoms with Crippen LogP contribution in [0.1, 0.15) is 37.9 Å². The molecule has 2 amide bonds. The number of anilines is 1. The van der Waals surface area contributed by atoms with Crippen LogP contribution in [0, 0.1) is 0 Å². The van der Waals surface area contributed by atoms with Crippen LogP contribution in [0.3, 0.4) is 0 Å².